The molecule has 0 unspecified atom stereocenters. The van der Waals surface area contributed by atoms with Gasteiger partial charge in [-0.1, -0.05) is 69.3 Å². The first-order chi connectivity index (χ1) is 10.9. The number of allylic oxidation sites excluding steroid dienone is 4. The van der Waals surface area contributed by atoms with Crippen LogP contribution in [0.1, 0.15) is 55.0 Å². The fourth-order valence-corrected chi connectivity index (χ4v) is 3.70. The van der Waals surface area contributed by atoms with Crippen molar-refractivity contribution >= 4 is 5.57 Å². The van der Waals surface area contributed by atoms with Crippen LogP contribution in [-0.2, 0) is 5.41 Å². The predicted molar refractivity (Wildman–Crippen MR) is 99.6 cm³/mol. The van der Waals surface area contributed by atoms with Crippen LogP contribution < -0.4 is 0 Å². The molecular weight excluding hydrogens is 276 g/mol. The van der Waals surface area contributed by atoms with Gasteiger partial charge >= 0.3 is 0 Å². The van der Waals surface area contributed by atoms with E-state index in [9.17, 15) is 0 Å². The Morgan fingerprint density at radius 3 is 2.48 bits per heavy atom. The third-order valence-electron chi connectivity index (χ3n) is 5.04. The van der Waals surface area contributed by atoms with Crippen LogP contribution >= 0.6 is 0 Å². The van der Waals surface area contributed by atoms with Crippen molar-refractivity contribution in [3.8, 4) is 11.1 Å². The molecule has 0 spiro atoms. The molecule has 0 N–H and O–H groups in total. The maximum Gasteiger partial charge on any atom is 0.0218 e. The van der Waals surface area contributed by atoms with Gasteiger partial charge in [0.15, 0.2) is 0 Å². The molecule has 0 atom stereocenters. The van der Waals surface area contributed by atoms with Gasteiger partial charge in [-0.25, -0.2) is 0 Å². The smallest absolute Gasteiger partial charge is 0.0218 e. The molecule has 4 rings (SSSR count). The summed E-state index contributed by atoms with van der Waals surface area (Å²) in [5.41, 5.74) is 11.4. The van der Waals surface area contributed by atoms with Crippen molar-refractivity contribution in [2.45, 2.75) is 39.5 Å². The molecule has 0 heteroatoms. The van der Waals surface area contributed by atoms with E-state index in [0.29, 0.717) is 0 Å². The quantitative estimate of drug-likeness (QED) is 0.500. The molecule has 0 bridgehead atoms. The molecule has 0 saturated carbocycles. The molecule has 0 amide bonds. The van der Waals surface area contributed by atoms with Crippen molar-refractivity contribution in [1.29, 1.82) is 0 Å². The fourth-order valence-electron chi connectivity index (χ4n) is 3.70. The lowest BCUT2D eigenvalue weighted by atomic mass is 9.81. The second-order valence-corrected chi connectivity index (χ2v) is 7.74. The van der Waals surface area contributed by atoms with E-state index in [2.05, 4.69) is 82.7 Å². The van der Waals surface area contributed by atoms with Crippen molar-refractivity contribution in [2.24, 2.45) is 0 Å². The highest BCUT2D eigenvalue weighted by Crippen LogP contribution is 2.46. The van der Waals surface area contributed by atoms with E-state index in [-0.39, 0.29) is 5.41 Å². The van der Waals surface area contributed by atoms with Gasteiger partial charge in [0.25, 0.3) is 0 Å². The zero-order valence-electron chi connectivity index (χ0n) is 14.4. The van der Waals surface area contributed by atoms with Gasteiger partial charge in [0.05, 0.1) is 0 Å². The van der Waals surface area contributed by atoms with Crippen molar-refractivity contribution in [3.05, 3.63) is 82.8 Å². The summed E-state index contributed by atoms with van der Waals surface area (Å²) in [5, 5.41) is 0. The van der Waals surface area contributed by atoms with E-state index in [0.717, 1.165) is 6.42 Å². The Bertz CT molecular complexity index is 854. The molecule has 0 aliphatic heterocycles. The van der Waals surface area contributed by atoms with Crippen molar-refractivity contribution in [1.82, 2.24) is 0 Å². The van der Waals surface area contributed by atoms with E-state index in [1.165, 1.54) is 44.5 Å². The topological polar surface area (TPSA) is 0 Å². The molecule has 1 radical (unpaired) electrons. The number of benzene rings is 2. The molecule has 0 heterocycles. The Morgan fingerprint density at radius 1 is 1.00 bits per heavy atom. The third-order valence-corrected chi connectivity index (χ3v) is 5.04. The summed E-state index contributed by atoms with van der Waals surface area (Å²) in [4.78, 5) is 0. The van der Waals surface area contributed by atoms with Crippen LogP contribution in [0, 0.1) is 13.3 Å². The lowest BCUT2D eigenvalue weighted by molar-refractivity contribution is 0.590. The number of aryl methyl sites for hydroxylation is 1. The van der Waals surface area contributed by atoms with Gasteiger partial charge in [-0.05, 0) is 63.3 Å². The zero-order valence-corrected chi connectivity index (χ0v) is 14.4. The molecule has 2 aliphatic carbocycles. The molecule has 0 saturated heterocycles. The normalized spacial score (nSPS) is 15.6. The summed E-state index contributed by atoms with van der Waals surface area (Å²) >= 11 is 0. The first kappa shape index (κ1) is 14.5. The van der Waals surface area contributed by atoms with Crippen molar-refractivity contribution in [2.75, 3.05) is 0 Å². The number of rotatable bonds is 1. The van der Waals surface area contributed by atoms with Gasteiger partial charge in [0.1, 0.15) is 0 Å². The van der Waals surface area contributed by atoms with Crippen LogP contribution in [-0.4, -0.2) is 0 Å². The molecule has 115 valence electrons. The summed E-state index contributed by atoms with van der Waals surface area (Å²) < 4.78 is 0. The summed E-state index contributed by atoms with van der Waals surface area (Å²) in [7, 11) is 0. The zero-order chi connectivity index (χ0) is 16.2. The lowest BCUT2D eigenvalue weighted by Gasteiger charge is -2.23. The van der Waals surface area contributed by atoms with Crippen LogP contribution in [0.5, 0.6) is 0 Å². The van der Waals surface area contributed by atoms with Gasteiger partial charge in [-0.15, -0.1) is 0 Å². The standard InChI is InChI=1S/C23H23/c1-15-8-7-11-17-12-20-19(16-9-5-6-10-16)13-18(23(2,3)4)14-21(20)22(15)17/h5-9,11-14H,10H2,1-4H3. The summed E-state index contributed by atoms with van der Waals surface area (Å²) in [5.74, 6) is 0. The second-order valence-electron chi connectivity index (χ2n) is 7.74. The average molecular weight is 299 g/mol. The van der Waals surface area contributed by atoms with Gasteiger partial charge in [0, 0.05) is 6.42 Å². The Balaban J connectivity index is 2.00. The number of fused-ring (bicyclic) bond motifs is 3. The highest BCUT2D eigenvalue weighted by molar-refractivity contribution is 5.90. The lowest BCUT2D eigenvalue weighted by Crippen LogP contribution is -2.12. The maximum absolute atomic E-state index is 2.41. The molecular formula is C23H23. The highest BCUT2D eigenvalue weighted by Gasteiger charge is 2.27. The summed E-state index contributed by atoms with van der Waals surface area (Å²) in [6.45, 7) is 9.13. The Morgan fingerprint density at radius 2 is 1.78 bits per heavy atom. The van der Waals surface area contributed by atoms with E-state index >= 15 is 0 Å². The minimum Gasteiger partial charge on any atom is -0.0801 e. The van der Waals surface area contributed by atoms with Gasteiger partial charge in [-0.3, -0.25) is 0 Å². The minimum atomic E-state index is 0.155. The van der Waals surface area contributed by atoms with Crippen molar-refractivity contribution in [3.63, 3.8) is 0 Å². The van der Waals surface area contributed by atoms with Crippen LogP contribution in [0.2, 0.25) is 0 Å². The van der Waals surface area contributed by atoms with Crippen LogP contribution in [0.25, 0.3) is 16.7 Å². The fraction of sp³-hybridized carbons (Fsp3) is 0.261. The van der Waals surface area contributed by atoms with Crippen LogP contribution in [0.3, 0.4) is 0 Å². The number of hydrogen-bond donors (Lipinski definition) is 0. The molecule has 0 fully saturated rings. The molecule has 2 aromatic carbocycles. The van der Waals surface area contributed by atoms with E-state index in [4.69, 9.17) is 0 Å². The van der Waals surface area contributed by atoms with Gasteiger partial charge < -0.3 is 0 Å². The van der Waals surface area contributed by atoms with E-state index in [1.807, 2.05) is 0 Å². The predicted octanol–water partition coefficient (Wildman–Crippen LogP) is 6.22. The summed E-state index contributed by atoms with van der Waals surface area (Å²) in [6, 6.07) is 11.5. The first-order valence-corrected chi connectivity index (χ1v) is 8.44. The summed E-state index contributed by atoms with van der Waals surface area (Å²) in [6.07, 6.45) is 10.1. The third kappa shape index (κ3) is 2.28. The van der Waals surface area contributed by atoms with E-state index < -0.39 is 0 Å². The largest absolute Gasteiger partial charge is 0.0801 e. The maximum atomic E-state index is 2.41. The monoisotopic (exact) mass is 299 g/mol. The van der Waals surface area contributed by atoms with Crippen LogP contribution in [0.4, 0.5) is 0 Å². The Labute approximate surface area is 139 Å². The Kier molecular flexibility index (Phi) is 3.13. The SMILES string of the molecule is Cc1cccc2c1-c1cc(C(C)(C)C)cc(C3=CC=CC3)c1[CH]2. The number of hydrogen-bond acceptors (Lipinski definition) is 0. The Hall–Kier alpha value is -2.08. The van der Waals surface area contributed by atoms with Gasteiger partial charge in [-0.2, -0.15) is 0 Å². The average Bonchev–Trinajstić information content (AvgIpc) is 3.13. The molecule has 0 aromatic heterocycles. The molecule has 0 nitrogen and oxygen atoms in total. The highest BCUT2D eigenvalue weighted by atomic mass is 14.3. The molecule has 2 aromatic rings. The molecule has 2 aliphatic rings. The van der Waals surface area contributed by atoms with E-state index in [1.54, 1.807) is 0 Å². The first-order valence-electron chi connectivity index (χ1n) is 8.44. The van der Waals surface area contributed by atoms with Gasteiger partial charge in [0.2, 0.25) is 0 Å². The second kappa shape index (κ2) is 4.96. The minimum absolute atomic E-state index is 0.155. The molecule has 23 heavy (non-hydrogen) atoms. The van der Waals surface area contributed by atoms with Crippen LogP contribution in [0.15, 0.2) is 48.6 Å². The van der Waals surface area contributed by atoms with Crippen molar-refractivity contribution < 1.29 is 0 Å².